The highest BCUT2D eigenvalue weighted by Crippen LogP contribution is 2.33. The number of aryl methyl sites for hydroxylation is 1. The van der Waals surface area contributed by atoms with Gasteiger partial charge in [-0.05, 0) is 6.92 Å². The van der Waals surface area contributed by atoms with Gasteiger partial charge in [-0.15, -0.1) is 12.4 Å². The lowest BCUT2D eigenvalue weighted by Crippen LogP contribution is -2.35. The fourth-order valence-electron chi connectivity index (χ4n) is 1.71. The maximum Gasteiger partial charge on any atom is 0.368 e. The number of rotatable bonds is 2. The number of hydrogen-bond donors (Lipinski definition) is 3. The second kappa shape index (κ2) is 6.14. The quantitative estimate of drug-likeness (QED) is 0.578. The molecule has 1 aromatic heterocycles. The zero-order chi connectivity index (χ0) is 13.4. The Morgan fingerprint density at radius 3 is 2.74 bits per heavy atom. The van der Waals surface area contributed by atoms with E-state index in [2.05, 4.69) is 26.0 Å². The molecule has 0 amide bonds. The van der Waals surface area contributed by atoms with Gasteiger partial charge in [0.2, 0.25) is 0 Å². The molecular weight excluding hydrogens is 343 g/mol. The minimum Gasteiger partial charge on any atom is -0.394 e. The lowest BCUT2D eigenvalue weighted by molar-refractivity contribution is -0.0503. The summed E-state index contributed by atoms with van der Waals surface area (Å²) >= 11 is 3.22. The van der Waals surface area contributed by atoms with Crippen molar-refractivity contribution in [2.24, 2.45) is 0 Å². The van der Waals surface area contributed by atoms with Crippen LogP contribution in [-0.4, -0.2) is 48.6 Å². The third-order valence-electron chi connectivity index (χ3n) is 2.76. The van der Waals surface area contributed by atoms with Gasteiger partial charge < -0.3 is 20.7 Å². The van der Waals surface area contributed by atoms with Crippen LogP contribution in [0.15, 0.2) is 4.79 Å². The Hall–Kier alpha value is -0.740. The Morgan fingerprint density at radius 1 is 1.58 bits per heavy atom. The van der Waals surface area contributed by atoms with E-state index in [1.165, 1.54) is 0 Å². The second-order valence-electron chi connectivity index (χ2n) is 3.99. The number of hydrogen-bond acceptors (Lipinski definition) is 7. The Balaban J connectivity index is 0.00000180. The van der Waals surface area contributed by atoms with Crippen molar-refractivity contribution in [3.05, 3.63) is 16.2 Å². The highest BCUT2D eigenvalue weighted by atomic mass is 79.9. The van der Waals surface area contributed by atoms with Gasteiger partial charge >= 0.3 is 5.69 Å². The first-order valence-electron chi connectivity index (χ1n) is 5.27. The number of nitrogens with two attached hydrogens (primary N) is 1. The Labute approximate surface area is 123 Å². The molecule has 1 saturated heterocycles. The van der Waals surface area contributed by atoms with E-state index in [4.69, 9.17) is 15.6 Å². The van der Waals surface area contributed by atoms with Crippen molar-refractivity contribution in [2.75, 3.05) is 12.3 Å². The van der Waals surface area contributed by atoms with E-state index in [0.717, 1.165) is 4.68 Å². The van der Waals surface area contributed by atoms with Gasteiger partial charge in [0.15, 0.2) is 12.0 Å². The number of halogens is 2. The predicted octanol–water partition coefficient (Wildman–Crippen LogP) is -1.04. The fourth-order valence-corrected chi connectivity index (χ4v) is 2.40. The van der Waals surface area contributed by atoms with E-state index in [1.807, 2.05) is 0 Å². The third-order valence-corrected chi connectivity index (χ3v) is 3.75. The number of aliphatic hydroxyl groups excluding tert-OH is 2. The largest absolute Gasteiger partial charge is 0.394 e. The lowest BCUT2D eigenvalue weighted by atomic mass is 10.2. The summed E-state index contributed by atoms with van der Waals surface area (Å²) in [4.78, 5) is 14.7. The molecule has 108 valence electrons. The molecule has 1 fully saturated rings. The minimum atomic E-state index is -0.938. The van der Waals surface area contributed by atoms with Gasteiger partial charge in [-0.1, -0.05) is 15.9 Å². The summed E-state index contributed by atoms with van der Waals surface area (Å²) in [6.45, 7) is 1.26. The van der Waals surface area contributed by atoms with Crippen LogP contribution in [0.5, 0.6) is 0 Å². The van der Waals surface area contributed by atoms with Crippen LogP contribution in [0.3, 0.4) is 0 Å². The summed E-state index contributed by atoms with van der Waals surface area (Å²) in [6.07, 6.45) is -2.55. The van der Waals surface area contributed by atoms with Gasteiger partial charge in [0.1, 0.15) is 11.8 Å². The first-order valence-corrected chi connectivity index (χ1v) is 6.18. The van der Waals surface area contributed by atoms with Crippen LogP contribution in [0.2, 0.25) is 0 Å². The molecule has 0 bridgehead atoms. The molecule has 0 radical (unpaired) electrons. The molecule has 4 N–H and O–H groups in total. The molecule has 0 saturated carbocycles. The van der Waals surface area contributed by atoms with Crippen LogP contribution in [0, 0.1) is 6.92 Å². The van der Waals surface area contributed by atoms with Crippen LogP contribution in [0.25, 0.3) is 0 Å². The summed E-state index contributed by atoms with van der Waals surface area (Å²) in [5, 5.41) is 22.8. The molecule has 1 aliphatic rings. The molecule has 1 aromatic rings. The Bertz CT molecular complexity index is 513. The first-order chi connectivity index (χ1) is 8.45. The topological polar surface area (TPSA) is 123 Å². The summed E-state index contributed by atoms with van der Waals surface area (Å²) < 4.78 is 6.37. The SMILES string of the molecule is Cc1nn([C@@H]2O[C@H](CO)[C@@H](O)[C@@H]2Br)c(=O)nc1N.Cl. The van der Waals surface area contributed by atoms with Crippen molar-refractivity contribution in [1.29, 1.82) is 0 Å². The molecule has 8 nitrogen and oxygen atoms in total. The number of nitrogen functional groups attached to an aromatic ring is 1. The summed E-state index contributed by atoms with van der Waals surface area (Å²) in [6, 6.07) is 0. The lowest BCUT2D eigenvalue weighted by Gasteiger charge is -2.16. The molecule has 0 aromatic carbocycles. The zero-order valence-corrected chi connectivity index (χ0v) is 12.3. The highest BCUT2D eigenvalue weighted by molar-refractivity contribution is 9.09. The number of alkyl halides is 1. The standard InChI is InChI=1S/C9H13BrN4O4.ClH/c1-3-7(11)12-9(17)14(13-3)8-5(10)6(16)4(2-15)18-8;/h4-6,8,15-16H,2H2,1H3,(H2,11,12,17);1H/t4-,5+,6-,8-;/m1./s1. The number of nitrogens with zero attached hydrogens (tertiary/aromatic N) is 3. The van der Waals surface area contributed by atoms with Crippen molar-refractivity contribution in [2.45, 2.75) is 30.2 Å². The van der Waals surface area contributed by atoms with Gasteiger partial charge in [0.25, 0.3) is 0 Å². The van der Waals surface area contributed by atoms with Gasteiger partial charge in [0.05, 0.1) is 17.5 Å². The second-order valence-corrected chi connectivity index (χ2v) is 5.05. The average Bonchev–Trinajstić information content (AvgIpc) is 2.61. The van der Waals surface area contributed by atoms with Crippen molar-refractivity contribution < 1.29 is 14.9 Å². The summed E-state index contributed by atoms with van der Waals surface area (Å²) in [7, 11) is 0. The van der Waals surface area contributed by atoms with E-state index < -0.39 is 29.0 Å². The normalized spacial score (nSPS) is 30.1. The van der Waals surface area contributed by atoms with E-state index in [1.54, 1.807) is 6.92 Å². The number of aromatic nitrogens is 3. The monoisotopic (exact) mass is 356 g/mol. The molecule has 19 heavy (non-hydrogen) atoms. The fraction of sp³-hybridized carbons (Fsp3) is 0.667. The van der Waals surface area contributed by atoms with E-state index in [-0.39, 0.29) is 24.8 Å². The molecule has 10 heteroatoms. The van der Waals surface area contributed by atoms with Crippen LogP contribution in [-0.2, 0) is 4.74 Å². The maximum atomic E-state index is 11.7. The highest BCUT2D eigenvalue weighted by Gasteiger charge is 2.44. The smallest absolute Gasteiger partial charge is 0.368 e. The zero-order valence-electron chi connectivity index (χ0n) is 9.93. The van der Waals surface area contributed by atoms with Crippen molar-refractivity contribution in [3.8, 4) is 0 Å². The van der Waals surface area contributed by atoms with Crippen LogP contribution in [0.4, 0.5) is 5.82 Å². The maximum absolute atomic E-state index is 11.7. The molecule has 0 spiro atoms. The van der Waals surface area contributed by atoms with E-state index in [9.17, 15) is 9.90 Å². The molecule has 4 atom stereocenters. The van der Waals surface area contributed by atoms with E-state index >= 15 is 0 Å². The number of ether oxygens (including phenoxy) is 1. The van der Waals surface area contributed by atoms with Gasteiger partial charge in [-0.25, -0.2) is 4.79 Å². The minimum absolute atomic E-state index is 0. The molecule has 2 heterocycles. The Morgan fingerprint density at radius 2 is 2.21 bits per heavy atom. The summed E-state index contributed by atoms with van der Waals surface area (Å²) in [5.74, 6) is 0.0552. The molecule has 0 aliphatic carbocycles. The first kappa shape index (κ1) is 16.3. The number of aliphatic hydroxyl groups is 2. The third kappa shape index (κ3) is 2.90. The van der Waals surface area contributed by atoms with Crippen molar-refractivity contribution in [1.82, 2.24) is 14.8 Å². The van der Waals surface area contributed by atoms with Crippen LogP contribution in [0.1, 0.15) is 11.9 Å². The molecular formula is C9H14BrClN4O4. The number of anilines is 1. The van der Waals surface area contributed by atoms with Gasteiger partial charge in [-0.2, -0.15) is 14.8 Å². The summed E-state index contributed by atoms with van der Waals surface area (Å²) in [5.41, 5.74) is 5.20. The van der Waals surface area contributed by atoms with Gasteiger partial charge in [-0.3, -0.25) is 0 Å². The average molecular weight is 358 g/mol. The van der Waals surface area contributed by atoms with Gasteiger partial charge in [0, 0.05) is 0 Å². The molecule has 1 aliphatic heterocycles. The molecule has 0 unspecified atom stereocenters. The van der Waals surface area contributed by atoms with Crippen LogP contribution < -0.4 is 11.4 Å². The molecule has 2 rings (SSSR count). The van der Waals surface area contributed by atoms with Crippen molar-refractivity contribution in [3.63, 3.8) is 0 Å². The Kier molecular flexibility index (Phi) is 5.27. The van der Waals surface area contributed by atoms with Crippen LogP contribution >= 0.6 is 28.3 Å². The van der Waals surface area contributed by atoms with E-state index in [0.29, 0.717) is 5.69 Å². The van der Waals surface area contributed by atoms with Crippen molar-refractivity contribution >= 4 is 34.2 Å². The predicted molar refractivity (Wildman–Crippen MR) is 72.4 cm³/mol.